The Hall–Kier alpha value is -2.41. The lowest BCUT2D eigenvalue weighted by Crippen LogP contribution is -2.23. The largest absolute Gasteiger partial charge is 0.348 e. The average molecular weight is 435 g/mol. The number of nitrogens with one attached hydrogen (secondary N) is 1. The first kappa shape index (κ1) is 20.3. The molecule has 28 heavy (non-hydrogen) atoms. The minimum absolute atomic E-state index is 0.131. The fraction of sp³-hybridized carbons (Fsp3) is 0.100. The Bertz CT molecular complexity index is 1130. The predicted molar refractivity (Wildman–Crippen MR) is 110 cm³/mol. The molecule has 1 N–H and O–H groups in total. The molecule has 1 amide bonds. The molecular formula is C20H16Cl2N2O3S. The summed E-state index contributed by atoms with van der Waals surface area (Å²) in [6.45, 7) is 0.161. The van der Waals surface area contributed by atoms with Gasteiger partial charge in [-0.15, -0.1) is 0 Å². The molecular weight excluding hydrogens is 419 g/mol. The van der Waals surface area contributed by atoms with E-state index in [-0.39, 0.29) is 22.4 Å². The third kappa shape index (κ3) is 4.70. The number of carbonyl (C=O) groups is 1. The molecule has 0 saturated heterocycles. The molecule has 0 radical (unpaired) electrons. The summed E-state index contributed by atoms with van der Waals surface area (Å²) < 4.78 is 23.1. The SMILES string of the molecule is CS(=O)(=O)c1ccc(CNC(=O)c2ccc(-c3ccccc3Cl)nc2)c(Cl)c1. The number of carbonyl (C=O) groups excluding carboxylic acids is 1. The summed E-state index contributed by atoms with van der Waals surface area (Å²) in [5.41, 5.74) is 2.46. The van der Waals surface area contributed by atoms with Crippen molar-refractivity contribution in [2.24, 2.45) is 0 Å². The Balaban J connectivity index is 1.70. The number of rotatable bonds is 5. The van der Waals surface area contributed by atoms with Crippen molar-refractivity contribution in [3.63, 3.8) is 0 Å². The minimum Gasteiger partial charge on any atom is -0.348 e. The molecule has 0 bridgehead atoms. The summed E-state index contributed by atoms with van der Waals surface area (Å²) in [5.74, 6) is -0.318. The first-order chi connectivity index (χ1) is 13.3. The number of halogens is 2. The van der Waals surface area contributed by atoms with Crippen LogP contribution >= 0.6 is 23.2 Å². The molecule has 0 saturated carbocycles. The van der Waals surface area contributed by atoms with Gasteiger partial charge in [-0.25, -0.2) is 8.42 Å². The minimum atomic E-state index is -3.34. The topological polar surface area (TPSA) is 76.1 Å². The molecule has 144 valence electrons. The summed E-state index contributed by atoms with van der Waals surface area (Å²) in [5, 5.41) is 3.60. The van der Waals surface area contributed by atoms with Crippen molar-refractivity contribution in [2.75, 3.05) is 6.26 Å². The van der Waals surface area contributed by atoms with Crippen molar-refractivity contribution >= 4 is 38.9 Å². The number of pyridine rings is 1. The summed E-state index contributed by atoms with van der Waals surface area (Å²) in [7, 11) is -3.34. The lowest BCUT2D eigenvalue weighted by atomic mass is 10.1. The normalized spacial score (nSPS) is 11.2. The van der Waals surface area contributed by atoms with Crippen LogP contribution in [0.25, 0.3) is 11.3 Å². The van der Waals surface area contributed by atoms with Crippen molar-refractivity contribution in [1.29, 1.82) is 0 Å². The molecule has 0 aliphatic carbocycles. The Morgan fingerprint density at radius 2 is 1.79 bits per heavy atom. The molecule has 2 aromatic carbocycles. The molecule has 0 aliphatic rings. The van der Waals surface area contributed by atoms with Gasteiger partial charge in [-0.2, -0.15) is 0 Å². The highest BCUT2D eigenvalue weighted by atomic mass is 35.5. The van der Waals surface area contributed by atoms with Gasteiger partial charge in [0.05, 0.1) is 16.2 Å². The number of nitrogens with zero attached hydrogens (tertiary/aromatic N) is 1. The van der Waals surface area contributed by atoms with E-state index in [1.807, 2.05) is 18.2 Å². The second kappa shape index (κ2) is 8.31. The quantitative estimate of drug-likeness (QED) is 0.645. The highest BCUT2D eigenvalue weighted by Crippen LogP contribution is 2.26. The van der Waals surface area contributed by atoms with E-state index in [0.717, 1.165) is 11.8 Å². The van der Waals surface area contributed by atoms with Gasteiger partial charge in [0, 0.05) is 34.6 Å². The van der Waals surface area contributed by atoms with Crippen molar-refractivity contribution in [2.45, 2.75) is 11.4 Å². The lowest BCUT2D eigenvalue weighted by molar-refractivity contribution is 0.0950. The van der Waals surface area contributed by atoms with Gasteiger partial charge in [0.1, 0.15) is 0 Å². The van der Waals surface area contributed by atoms with Crippen LogP contribution in [0.5, 0.6) is 0 Å². The summed E-state index contributed by atoms with van der Waals surface area (Å²) in [6.07, 6.45) is 2.59. The zero-order valence-electron chi connectivity index (χ0n) is 14.8. The summed E-state index contributed by atoms with van der Waals surface area (Å²) in [4.78, 5) is 16.8. The predicted octanol–water partition coefficient (Wildman–Crippen LogP) is 4.39. The van der Waals surface area contributed by atoms with Crippen LogP contribution < -0.4 is 5.32 Å². The Morgan fingerprint density at radius 3 is 2.39 bits per heavy atom. The second-order valence-electron chi connectivity index (χ2n) is 6.12. The van der Waals surface area contributed by atoms with E-state index < -0.39 is 9.84 Å². The van der Waals surface area contributed by atoms with Crippen molar-refractivity contribution in [3.05, 3.63) is 82.0 Å². The van der Waals surface area contributed by atoms with E-state index in [1.165, 1.54) is 18.3 Å². The van der Waals surface area contributed by atoms with Gasteiger partial charge in [-0.1, -0.05) is 47.5 Å². The molecule has 1 aromatic heterocycles. The maximum absolute atomic E-state index is 12.4. The molecule has 3 rings (SSSR count). The third-order valence-corrected chi connectivity index (χ3v) is 5.86. The van der Waals surface area contributed by atoms with Crippen LogP contribution in [0.2, 0.25) is 10.0 Å². The van der Waals surface area contributed by atoms with Gasteiger partial charge < -0.3 is 5.32 Å². The molecule has 0 spiro atoms. The maximum atomic E-state index is 12.4. The number of benzene rings is 2. The average Bonchev–Trinajstić information content (AvgIpc) is 2.66. The van der Waals surface area contributed by atoms with Crippen molar-refractivity contribution in [1.82, 2.24) is 10.3 Å². The first-order valence-electron chi connectivity index (χ1n) is 8.23. The summed E-state index contributed by atoms with van der Waals surface area (Å²) in [6, 6.07) is 15.1. The molecule has 1 heterocycles. The van der Waals surface area contributed by atoms with Crippen molar-refractivity contribution < 1.29 is 13.2 Å². The van der Waals surface area contributed by atoms with Gasteiger partial charge >= 0.3 is 0 Å². The highest BCUT2D eigenvalue weighted by Gasteiger charge is 2.12. The fourth-order valence-electron chi connectivity index (χ4n) is 2.54. The summed E-state index contributed by atoms with van der Waals surface area (Å²) >= 11 is 12.3. The van der Waals surface area contributed by atoms with E-state index in [4.69, 9.17) is 23.2 Å². The van der Waals surface area contributed by atoms with E-state index in [9.17, 15) is 13.2 Å². The van der Waals surface area contributed by atoms with Gasteiger partial charge in [-0.3, -0.25) is 9.78 Å². The lowest BCUT2D eigenvalue weighted by Gasteiger charge is -2.09. The van der Waals surface area contributed by atoms with Crippen molar-refractivity contribution in [3.8, 4) is 11.3 Å². The number of aromatic nitrogens is 1. The number of hydrogen-bond acceptors (Lipinski definition) is 4. The zero-order valence-corrected chi connectivity index (χ0v) is 17.1. The Kier molecular flexibility index (Phi) is 6.03. The van der Waals surface area contributed by atoms with Crippen LogP contribution in [0.3, 0.4) is 0 Å². The van der Waals surface area contributed by atoms with Gasteiger partial charge in [0.25, 0.3) is 5.91 Å². The number of sulfone groups is 1. The van der Waals surface area contributed by atoms with Gasteiger partial charge in [-0.05, 0) is 35.9 Å². The fourth-order valence-corrected chi connectivity index (χ4v) is 3.73. The van der Waals surface area contributed by atoms with Gasteiger partial charge in [0.15, 0.2) is 9.84 Å². The number of amides is 1. The van der Waals surface area contributed by atoms with Crippen LogP contribution in [0, 0.1) is 0 Å². The zero-order chi connectivity index (χ0) is 20.3. The van der Waals surface area contributed by atoms with Crippen LogP contribution in [0.1, 0.15) is 15.9 Å². The monoisotopic (exact) mass is 434 g/mol. The standard InChI is InChI=1S/C20H16Cl2N2O3S/c1-28(26,27)15-8-6-13(18(22)10-15)11-24-20(25)14-7-9-19(23-12-14)16-4-2-3-5-17(16)21/h2-10,12H,11H2,1H3,(H,24,25). The van der Waals surface area contributed by atoms with E-state index in [1.54, 1.807) is 24.3 Å². The smallest absolute Gasteiger partial charge is 0.253 e. The molecule has 5 nitrogen and oxygen atoms in total. The second-order valence-corrected chi connectivity index (χ2v) is 8.95. The molecule has 8 heteroatoms. The molecule has 0 aliphatic heterocycles. The first-order valence-corrected chi connectivity index (χ1v) is 10.9. The Labute approximate surface area is 173 Å². The third-order valence-electron chi connectivity index (χ3n) is 4.07. The Morgan fingerprint density at radius 1 is 1.04 bits per heavy atom. The van der Waals surface area contributed by atoms with Crippen LogP contribution in [0.4, 0.5) is 0 Å². The van der Waals surface area contributed by atoms with E-state index >= 15 is 0 Å². The van der Waals surface area contributed by atoms with Crippen LogP contribution in [-0.2, 0) is 16.4 Å². The van der Waals surface area contributed by atoms with E-state index in [2.05, 4.69) is 10.3 Å². The number of hydrogen-bond donors (Lipinski definition) is 1. The van der Waals surface area contributed by atoms with Gasteiger partial charge in [0.2, 0.25) is 0 Å². The van der Waals surface area contributed by atoms with Crippen LogP contribution in [0.15, 0.2) is 65.7 Å². The highest BCUT2D eigenvalue weighted by molar-refractivity contribution is 7.90. The van der Waals surface area contributed by atoms with E-state index in [0.29, 0.717) is 21.8 Å². The molecule has 0 atom stereocenters. The van der Waals surface area contributed by atoms with Crippen LogP contribution in [-0.4, -0.2) is 25.6 Å². The maximum Gasteiger partial charge on any atom is 0.253 e. The molecule has 3 aromatic rings. The molecule has 0 unspecified atom stereocenters. The molecule has 0 fully saturated rings.